The summed E-state index contributed by atoms with van der Waals surface area (Å²) in [5.74, 6) is 0.883. The average Bonchev–Trinajstić information content (AvgIpc) is 2.73. The van der Waals surface area contributed by atoms with Crippen molar-refractivity contribution in [1.29, 1.82) is 0 Å². The molecule has 5 fully saturated rings. The van der Waals surface area contributed by atoms with Crippen molar-refractivity contribution >= 4 is 11.9 Å². The third-order valence-electron chi connectivity index (χ3n) is 9.83. The number of carbonyl (C=O) groups excluding carboxylic acids is 2. The summed E-state index contributed by atoms with van der Waals surface area (Å²) in [4.78, 5) is 25.8. The Kier molecular flexibility index (Phi) is 5.22. The van der Waals surface area contributed by atoms with Gasteiger partial charge in [0.15, 0.2) is 0 Å². The highest BCUT2D eigenvalue weighted by molar-refractivity contribution is 5.87. The molecule has 1 spiro atoms. The first kappa shape index (κ1) is 21.6. The Morgan fingerprint density at radius 1 is 1.13 bits per heavy atom. The fraction of sp³-hybridized carbons (Fsp3) is 0.769. The number of hydrogen-bond donors (Lipinski definition) is 0. The SMILES string of the molecule is C=C1C[C@]23CC[C@H]1C[C@H]2[C@]1(C)CCCC(C)(C(=O)OC)[C@H]1C[C@@H]3OC(=O)/C(C)=C\C. The third kappa shape index (κ3) is 2.85. The van der Waals surface area contributed by atoms with E-state index in [1.165, 1.54) is 12.7 Å². The van der Waals surface area contributed by atoms with Crippen molar-refractivity contribution in [1.82, 2.24) is 0 Å². The van der Waals surface area contributed by atoms with Crippen LogP contribution in [0.5, 0.6) is 0 Å². The average molecular weight is 415 g/mol. The Hall–Kier alpha value is -1.58. The van der Waals surface area contributed by atoms with Crippen LogP contribution in [0.3, 0.4) is 0 Å². The molecular formula is C26H38O4. The molecule has 0 amide bonds. The van der Waals surface area contributed by atoms with Crippen molar-refractivity contribution in [2.45, 2.75) is 85.2 Å². The molecule has 30 heavy (non-hydrogen) atoms. The summed E-state index contributed by atoms with van der Waals surface area (Å²) in [7, 11) is 1.50. The lowest BCUT2D eigenvalue weighted by Gasteiger charge is -2.69. The molecule has 0 aliphatic heterocycles. The molecule has 0 aromatic heterocycles. The molecule has 7 atom stereocenters. The summed E-state index contributed by atoms with van der Waals surface area (Å²) in [6, 6.07) is 0. The van der Waals surface area contributed by atoms with Crippen LogP contribution in [0, 0.1) is 34.0 Å². The molecule has 1 unspecified atom stereocenters. The van der Waals surface area contributed by atoms with Crippen LogP contribution in [0.15, 0.2) is 23.8 Å². The number of ether oxygens (including phenoxy) is 2. The molecule has 0 radical (unpaired) electrons. The largest absolute Gasteiger partial charge is 0.469 e. The lowest BCUT2D eigenvalue weighted by atomic mass is 9.36. The van der Waals surface area contributed by atoms with Crippen LogP contribution in [0.2, 0.25) is 0 Å². The monoisotopic (exact) mass is 414 g/mol. The Labute approximate surface area is 181 Å². The zero-order valence-electron chi connectivity index (χ0n) is 19.4. The second kappa shape index (κ2) is 7.24. The highest BCUT2D eigenvalue weighted by atomic mass is 16.5. The zero-order chi connectivity index (χ0) is 21.9. The standard InChI is InChI=1S/C26H38O4/c1-7-16(2)22(27)30-21-14-19-24(4,10-8-11-25(19,5)23(28)29-6)20-13-18-9-12-26(20,21)15-17(18)3/h7,18-21H,3,8-15H2,1-2,4-6H3/b16-7-/t18-,19-,20-,21-,24+,25?,26+/m0/s1. The van der Waals surface area contributed by atoms with E-state index < -0.39 is 5.41 Å². The first-order valence-electron chi connectivity index (χ1n) is 11.7. The maximum absolute atomic E-state index is 13.0. The predicted molar refractivity (Wildman–Crippen MR) is 117 cm³/mol. The van der Waals surface area contributed by atoms with Crippen LogP contribution < -0.4 is 0 Å². The number of methoxy groups -OCH3 is 1. The van der Waals surface area contributed by atoms with Crippen molar-refractivity contribution < 1.29 is 19.1 Å². The smallest absolute Gasteiger partial charge is 0.333 e. The summed E-state index contributed by atoms with van der Waals surface area (Å²) in [5.41, 5.74) is 1.51. The van der Waals surface area contributed by atoms with Gasteiger partial charge in [-0.3, -0.25) is 4.79 Å². The minimum Gasteiger partial charge on any atom is -0.469 e. The lowest BCUT2D eigenvalue weighted by Crippen LogP contribution is -2.66. The van der Waals surface area contributed by atoms with Crippen LogP contribution >= 0.6 is 0 Å². The number of hydrogen-bond acceptors (Lipinski definition) is 4. The molecule has 4 nitrogen and oxygen atoms in total. The van der Waals surface area contributed by atoms with E-state index in [0.29, 0.717) is 17.4 Å². The number of rotatable bonds is 3. The van der Waals surface area contributed by atoms with Crippen LogP contribution in [-0.4, -0.2) is 25.2 Å². The van der Waals surface area contributed by atoms with Gasteiger partial charge in [-0.1, -0.05) is 31.6 Å². The first-order chi connectivity index (χ1) is 14.1. The number of carbonyl (C=O) groups is 2. The highest BCUT2D eigenvalue weighted by Gasteiger charge is 2.69. The Morgan fingerprint density at radius 2 is 1.87 bits per heavy atom. The maximum atomic E-state index is 13.0. The fourth-order valence-electron chi connectivity index (χ4n) is 8.12. The summed E-state index contributed by atoms with van der Waals surface area (Å²) in [5, 5.41) is 0. The zero-order valence-corrected chi connectivity index (χ0v) is 19.4. The second-order valence-corrected chi connectivity index (χ2v) is 11.0. The first-order valence-corrected chi connectivity index (χ1v) is 11.7. The maximum Gasteiger partial charge on any atom is 0.333 e. The van der Waals surface area contributed by atoms with Crippen LogP contribution in [0.1, 0.15) is 79.1 Å². The predicted octanol–water partition coefficient (Wildman–Crippen LogP) is 5.62. The van der Waals surface area contributed by atoms with Crippen molar-refractivity contribution in [3.63, 3.8) is 0 Å². The molecule has 0 aromatic carbocycles. The van der Waals surface area contributed by atoms with Gasteiger partial charge in [0, 0.05) is 11.0 Å². The molecule has 5 rings (SSSR count). The molecule has 0 heterocycles. The molecule has 0 saturated heterocycles. The molecule has 0 N–H and O–H groups in total. The van der Waals surface area contributed by atoms with Gasteiger partial charge >= 0.3 is 11.9 Å². The van der Waals surface area contributed by atoms with Gasteiger partial charge in [-0.25, -0.2) is 4.79 Å². The van der Waals surface area contributed by atoms with E-state index >= 15 is 0 Å². The molecule has 5 aliphatic carbocycles. The van der Waals surface area contributed by atoms with Crippen molar-refractivity contribution in [3.8, 4) is 0 Å². The van der Waals surface area contributed by atoms with Gasteiger partial charge in [-0.15, -0.1) is 0 Å². The summed E-state index contributed by atoms with van der Waals surface area (Å²) in [6.07, 6.45) is 9.80. The van der Waals surface area contributed by atoms with Gasteiger partial charge in [0.2, 0.25) is 0 Å². The van der Waals surface area contributed by atoms with E-state index in [0.717, 1.165) is 51.4 Å². The van der Waals surface area contributed by atoms with E-state index in [9.17, 15) is 9.59 Å². The Bertz CT molecular complexity index is 797. The minimum absolute atomic E-state index is 0.0326. The summed E-state index contributed by atoms with van der Waals surface area (Å²) in [6.45, 7) is 12.6. The van der Waals surface area contributed by atoms with Crippen molar-refractivity contribution in [2.24, 2.45) is 34.0 Å². The van der Waals surface area contributed by atoms with Gasteiger partial charge in [0.05, 0.1) is 12.5 Å². The number of allylic oxidation sites excluding steroid dienone is 2. The molecule has 166 valence electrons. The molecule has 0 aromatic rings. The highest BCUT2D eigenvalue weighted by Crippen LogP contribution is 2.72. The van der Waals surface area contributed by atoms with Crippen LogP contribution in [0.25, 0.3) is 0 Å². The van der Waals surface area contributed by atoms with E-state index in [-0.39, 0.29) is 34.8 Å². The molecule has 2 bridgehead atoms. The number of esters is 2. The van der Waals surface area contributed by atoms with Crippen molar-refractivity contribution in [3.05, 3.63) is 23.8 Å². The second-order valence-electron chi connectivity index (χ2n) is 11.0. The van der Waals surface area contributed by atoms with Gasteiger partial charge in [0.25, 0.3) is 0 Å². The van der Waals surface area contributed by atoms with Gasteiger partial charge in [-0.2, -0.15) is 0 Å². The van der Waals surface area contributed by atoms with E-state index in [4.69, 9.17) is 9.47 Å². The quantitative estimate of drug-likeness (QED) is 0.342. The third-order valence-corrected chi connectivity index (χ3v) is 9.83. The Balaban J connectivity index is 1.79. The van der Waals surface area contributed by atoms with E-state index in [1.54, 1.807) is 0 Å². The molecule has 5 aliphatic rings. The fourth-order valence-corrected chi connectivity index (χ4v) is 8.12. The summed E-state index contributed by atoms with van der Waals surface area (Å²) >= 11 is 0. The van der Waals surface area contributed by atoms with Crippen LogP contribution in [-0.2, 0) is 19.1 Å². The lowest BCUT2D eigenvalue weighted by molar-refractivity contribution is -0.232. The molecule has 4 heteroatoms. The number of fused-ring (bicyclic) bond motifs is 3. The summed E-state index contributed by atoms with van der Waals surface area (Å²) < 4.78 is 11.6. The topological polar surface area (TPSA) is 52.6 Å². The molecule has 5 saturated carbocycles. The van der Waals surface area contributed by atoms with Gasteiger partial charge in [0.1, 0.15) is 6.10 Å². The minimum atomic E-state index is -0.517. The normalized spacial score (nSPS) is 45.4. The van der Waals surface area contributed by atoms with Gasteiger partial charge in [-0.05, 0) is 88.9 Å². The van der Waals surface area contributed by atoms with Crippen LogP contribution in [0.4, 0.5) is 0 Å². The molecular weight excluding hydrogens is 376 g/mol. The van der Waals surface area contributed by atoms with E-state index in [2.05, 4.69) is 20.4 Å². The van der Waals surface area contributed by atoms with Gasteiger partial charge < -0.3 is 9.47 Å². The van der Waals surface area contributed by atoms with E-state index in [1.807, 2.05) is 19.9 Å². The van der Waals surface area contributed by atoms with Crippen molar-refractivity contribution in [2.75, 3.05) is 7.11 Å². The Morgan fingerprint density at radius 3 is 2.50 bits per heavy atom.